The molecule has 0 bridgehead atoms. The Hall–Kier alpha value is -2.26. The summed E-state index contributed by atoms with van der Waals surface area (Å²) in [5, 5.41) is 1.13. The molecule has 0 aliphatic heterocycles. The van der Waals surface area contributed by atoms with Gasteiger partial charge in [-0.1, -0.05) is 44.2 Å². The summed E-state index contributed by atoms with van der Waals surface area (Å²) in [7, 11) is 0. The highest BCUT2D eigenvalue weighted by Gasteiger charge is 2.13. The Labute approximate surface area is 143 Å². The van der Waals surface area contributed by atoms with Crippen molar-refractivity contribution in [3.05, 3.63) is 54.3 Å². The van der Waals surface area contributed by atoms with Gasteiger partial charge in [-0.3, -0.25) is 0 Å². The fraction of sp³-hybridized carbons (Fsp3) is 0.333. The first-order valence-electron chi connectivity index (χ1n) is 8.66. The zero-order chi connectivity index (χ0) is 16.9. The van der Waals surface area contributed by atoms with E-state index in [1.807, 2.05) is 25.1 Å². The van der Waals surface area contributed by atoms with Crippen molar-refractivity contribution in [3.63, 3.8) is 0 Å². The van der Waals surface area contributed by atoms with Gasteiger partial charge in [-0.25, -0.2) is 0 Å². The van der Waals surface area contributed by atoms with E-state index in [4.69, 9.17) is 9.15 Å². The first kappa shape index (κ1) is 16.6. The molecule has 0 radical (unpaired) electrons. The van der Waals surface area contributed by atoms with Crippen LogP contribution in [-0.2, 0) is 0 Å². The summed E-state index contributed by atoms with van der Waals surface area (Å²) < 4.78 is 11.9. The smallest absolute Gasteiger partial charge is 0.138 e. The van der Waals surface area contributed by atoms with E-state index in [2.05, 4.69) is 49.1 Å². The van der Waals surface area contributed by atoms with Gasteiger partial charge in [0.05, 0.1) is 0 Å². The van der Waals surface area contributed by atoms with Gasteiger partial charge in [-0.05, 0) is 37.7 Å². The molecular weight excluding hydrogens is 298 g/mol. The highest BCUT2D eigenvalue weighted by atomic mass is 16.5. The maximum absolute atomic E-state index is 5.97. The zero-order valence-corrected chi connectivity index (χ0v) is 14.7. The average Bonchev–Trinajstić information content (AvgIpc) is 2.94. The van der Waals surface area contributed by atoms with Crippen molar-refractivity contribution in [3.8, 4) is 16.9 Å². The van der Waals surface area contributed by atoms with Crippen molar-refractivity contribution in [2.75, 3.05) is 26.2 Å². The summed E-state index contributed by atoms with van der Waals surface area (Å²) in [6, 6.07) is 16.5. The van der Waals surface area contributed by atoms with Gasteiger partial charge >= 0.3 is 0 Å². The Morgan fingerprint density at radius 1 is 1.00 bits per heavy atom. The average molecular weight is 323 g/mol. The Balaban J connectivity index is 1.80. The predicted molar refractivity (Wildman–Crippen MR) is 99.7 cm³/mol. The van der Waals surface area contributed by atoms with Crippen molar-refractivity contribution >= 4 is 11.0 Å². The molecule has 1 aromatic heterocycles. The lowest BCUT2D eigenvalue weighted by molar-refractivity contribution is 0.223. The van der Waals surface area contributed by atoms with Gasteiger partial charge in [0.1, 0.15) is 23.7 Å². The number of fused-ring (bicyclic) bond motifs is 1. The van der Waals surface area contributed by atoms with Gasteiger partial charge in [-0.2, -0.15) is 0 Å². The Kier molecular flexibility index (Phi) is 5.21. The van der Waals surface area contributed by atoms with Crippen molar-refractivity contribution in [1.82, 2.24) is 4.90 Å². The van der Waals surface area contributed by atoms with Gasteiger partial charge in [0.15, 0.2) is 0 Å². The van der Waals surface area contributed by atoms with Crippen molar-refractivity contribution in [1.29, 1.82) is 0 Å². The minimum absolute atomic E-state index is 0.693. The molecule has 1 heterocycles. The fourth-order valence-corrected chi connectivity index (χ4v) is 3.09. The number of benzene rings is 2. The molecule has 0 saturated carbocycles. The highest BCUT2D eigenvalue weighted by molar-refractivity contribution is 5.96. The van der Waals surface area contributed by atoms with Crippen LogP contribution in [0.5, 0.6) is 5.75 Å². The number of likely N-dealkylation sites (N-methyl/N-ethyl adjacent to an activating group) is 1. The molecule has 0 amide bonds. The molecule has 0 atom stereocenters. The Morgan fingerprint density at radius 2 is 1.75 bits per heavy atom. The van der Waals surface area contributed by atoms with E-state index in [1.165, 1.54) is 11.1 Å². The second kappa shape index (κ2) is 7.54. The summed E-state index contributed by atoms with van der Waals surface area (Å²) in [4.78, 5) is 2.35. The fourth-order valence-electron chi connectivity index (χ4n) is 3.09. The van der Waals surface area contributed by atoms with Crippen LogP contribution < -0.4 is 4.74 Å². The number of furan rings is 1. The van der Waals surface area contributed by atoms with Gasteiger partial charge < -0.3 is 14.1 Å². The van der Waals surface area contributed by atoms with E-state index < -0.39 is 0 Å². The molecule has 3 nitrogen and oxygen atoms in total. The summed E-state index contributed by atoms with van der Waals surface area (Å²) >= 11 is 0. The molecule has 0 fully saturated rings. The van der Waals surface area contributed by atoms with Crippen LogP contribution >= 0.6 is 0 Å². The third-order valence-corrected chi connectivity index (χ3v) is 4.47. The largest absolute Gasteiger partial charge is 0.492 e. The standard InChI is InChI=1S/C21H25NO2/c1-4-22(5-2)13-14-23-18-11-12-19-20(15-18)24-16(3)21(19)17-9-7-6-8-10-17/h6-12,15H,4-5,13-14H2,1-3H3. The van der Waals surface area contributed by atoms with Crippen molar-refractivity contribution < 1.29 is 9.15 Å². The lowest BCUT2D eigenvalue weighted by Crippen LogP contribution is -2.27. The van der Waals surface area contributed by atoms with E-state index in [0.717, 1.165) is 42.1 Å². The van der Waals surface area contributed by atoms with E-state index in [0.29, 0.717) is 6.61 Å². The predicted octanol–water partition coefficient (Wildman–Crippen LogP) is 5.13. The van der Waals surface area contributed by atoms with Crippen molar-refractivity contribution in [2.45, 2.75) is 20.8 Å². The molecule has 126 valence electrons. The molecule has 3 heteroatoms. The highest BCUT2D eigenvalue weighted by Crippen LogP contribution is 2.35. The third kappa shape index (κ3) is 3.46. The number of ether oxygens (including phenoxy) is 1. The maximum atomic E-state index is 5.97. The summed E-state index contributed by atoms with van der Waals surface area (Å²) in [5.74, 6) is 1.81. The number of rotatable bonds is 7. The van der Waals surface area contributed by atoms with Crippen LogP contribution in [0.1, 0.15) is 19.6 Å². The maximum Gasteiger partial charge on any atom is 0.138 e. The minimum Gasteiger partial charge on any atom is -0.492 e. The van der Waals surface area contributed by atoms with Crippen molar-refractivity contribution in [2.24, 2.45) is 0 Å². The van der Waals surface area contributed by atoms with Crippen LogP contribution in [0.4, 0.5) is 0 Å². The topological polar surface area (TPSA) is 25.6 Å². The summed E-state index contributed by atoms with van der Waals surface area (Å²) in [6.45, 7) is 10.1. The summed E-state index contributed by atoms with van der Waals surface area (Å²) in [6.07, 6.45) is 0. The monoisotopic (exact) mass is 323 g/mol. The molecule has 2 aromatic carbocycles. The molecule has 0 spiro atoms. The molecule has 0 saturated heterocycles. The van der Waals surface area contributed by atoms with E-state index in [-0.39, 0.29) is 0 Å². The van der Waals surface area contributed by atoms with Crippen LogP contribution in [0.3, 0.4) is 0 Å². The third-order valence-electron chi connectivity index (χ3n) is 4.47. The Morgan fingerprint density at radius 3 is 2.46 bits per heavy atom. The molecule has 3 aromatic rings. The second-order valence-electron chi connectivity index (χ2n) is 5.93. The van der Waals surface area contributed by atoms with Crippen LogP contribution in [-0.4, -0.2) is 31.1 Å². The van der Waals surface area contributed by atoms with Gasteiger partial charge in [0.25, 0.3) is 0 Å². The first-order valence-corrected chi connectivity index (χ1v) is 8.66. The molecule has 0 aliphatic rings. The normalized spacial score (nSPS) is 11.3. The number of aryl methyl sites for hydroxylation is 1. The SMILES string of the molecule is CCN(CC)CCOc1ccc2c(-c3ccccc3)c(C)oc2c1. The first-order chi connectivity index (χ1) is 11.7. The minimum atomic E-state index is 0.693. The van der Waals surface area contributed by atoms with Crippen LogP contribution in [0, 0.1) is 6.92 Å². The van der Waals surface area contributed by atoms with Gasteiger partial charge in [0.2, 0.25) is 0 Å². The van der Waals surface area contributed by atoms with E-state index in [1.54, 1.807) is 0 Å². The van der Waals surface area contributed by atoms with Crippen LogP contribution in [0.15, 0.2) is 52.9 Å². The molecule has 24 heavy (non-hydrogen) atoms. The molecular formula is C21H25NO2. The summed E-state index contributed by atoms with van der Waals surface area (Å²) in [5.41, 5.74) is 3.23. The Bertz CT molecular complexity index is 788. The molecule has 0 aliphatic carbocycles. The number of hydrogen-bond acceptors (Lipinski definition) is 3. The second-order valence-corrected chi connectivity index (χ2v) is 5.93. The van der Waals surface area contributed by atoms with Gasteiger partial charge in [-0.15, -0.1) is 0 Å². The van der Waals surface area contributed by atoms with Crippen LogP contribution in [0.2, 0.25) is 0 Å². The lowest BCUT2D eigenvalue weighted by Gasteiger charge is -2.17. The lowest BCUT2D eigenvalue weighted by atomic mass is 10.0. The van der Waals surface area contributed by atoms with Crippen LogP contribution in [0.25, 0.3) is 22.1 Å². The number of nitrogens with zero attached hydrogens (tertiary/aromatic N) is 1. The molecule has 0 N–H and O–H groups in total. The van der Waals surface area contributed by atoms with E-state index >= 15 is 0 Å². The number of hydrogen-bond donors (Lipinski definition) is 0. The zero-order valence-electron chi connectivity index (χ0n) is 14.7. The molecule has 3 rings (SSSR count). The quantitative estimate of drug-likeness (QED) is 0.603. The van der Waals surface area contributed by atoms with E-state index in [9.17, 15) is 0 Å². The van der Waals surface area contributed by atoms with Gasteiger partial charge in [0, 0.05) is 23.6 Å². The molecule has 0 unspecified atom stereocenters.